The third kappa shape index (κ3) is 9.31. The van der Waals surface area contributed by atoms with E-state index in [1.54, 1.807) is 11.0 Å². The molecule has 1 aromatic carbocycles. The Labute approximate surface area is 228 Å². The van der Waals surface area contributed by atoms with Gasteiger partial charge in [-0.05, 0) is 37.3 Å². The van der Waals surface area contributed by atoms with Crippen LogP contribution in [0.15, 0.2) is 42.9 Å². The van der Waals surface area contributed by atoms with Gasteiger partial charge in [-0.2, -0.15) is 0 Å². The molecule has 0 spiro atoms. The molecule has 3 atom stereocenters. The lowest BCUT2D eigenvalue weighted by molar-refractivity contribution is -0.116. The van der Waals surface area contributed by atoms with Gasteiger partial charge in [-0.15, -0.1) is 0 Å². The van der Waals surface area contributed by atoms with E-state index >= 15 is 0 Å². The van der Waals surface area contributed by atoms with Crippen molar-refractivity contribution in [3.63, 3.8) is 0 Å². The van der Waals surface area contributed by atoms with Crippen LogP contribution in [0.4, 0.5) is 4.39 Å². The Balaban J connectivity index is 1.90. The maximum atomic E-state index is 14.6. The van der Waals surface area contributed by atoms with E-state index in [0.29, 0.717) is 44.9 Å². The molecule has 3 rings (SSSR count). The number of hydrogen-bond acceptors (Lipinski definition) is 8. The Kier molecular flexibility index (Phi) is 12.2. The Hall–Kier alpha value is -2.99. The van der Waals surface area contributed by atoms with E-state index in [4.69, 9.17) is 9.47 Å². The summed E-state index contributed by atoms with van der Waals surface area (Å²) in [5, 5.41) is 21.6. The molecule has 0 saturated carbocycles. The normalized spacial score (nSPS) is 21.9. The van der Waals surface area contributed by atoms with E-state index in [1.165, 1.54) is 41.7 Å². The predicted octanol–water partition coefficient (Wildman–Crippen LogP) is 2.16. The Morgan fingerprint density at radius 3 is 2.59 bits per heavy atom. The summed E-state index contributed by atoms with van der Waals surface area (Å²) >= 11 is 0. The third-order valence-electron chi connectivity index (χ3n) is 6.56. The highest BCUT2D eigenvalue weighted by molar-refractivity contribution is 5.95. The number of amides is 2. The highest BCUT2D eigenvalue weighted by atomic mass is 19.1. The van der Waals surface area contributed by atoms with Crippen molar-refractivity contribution in [2.45, 2.75) is 51.4 Å². The average molecular weight is 547 g/mol. The lowest BCUT2D eigenvalue weighted by Crippen LogP contribution is -2.51. The molecular weight excluding hydrogens is 507 g/mol. The fourth-order valence-corrected chi connectivity index (χ4v) is 4.20. The van der Waals surface area contributed by atoms with Gasteiger partial charge in [0.25, 0.3) is 11.8 Å². The molecule has 11 heteroatoms. The summed E-state index contributed by atoms with van der Waals surface area (Å²) in [7, 11) is 0. The number of carbonyl (C=O) groups is 2. The molecule has 1 saturated heterocycles. The number of halogens is 1. The largest absolute Gasteiger partial charge is 0.388 e. The smallest absolute Gasteiger partial charge is 0.274 e. The number of hydrogen-bond donors (Lipinski definition) is 2. The van der Waals surface area contributed by atoms with Crippen molar-refractivity contribution in [1.82, 2.24) is 19.8 Å². The Bertz CT molecular complexity index is 1040. The molecule has 2 heterocycles. The van der Waals surface area contributed by atoms with Crippen LogP contribution in [0.3, 0.4) is 0 Å². The highest BCUT2D eigenvalue weighted by Gasteiger charge is 2.32. The first kappa shape index (κ1) is 30.6. The molecule has 214 valence electrons. The van der Waals surface area contributed by atoms with Gasteiger partial charge >= 0.3 is 0 Å². The molecular formula is C28H39FN4O6. The summed E-state index contributed by atoms with van der Waals surface area (Å²) in [5.74, 6) is -1.29. The molecule has 39 heavy (non-hydrogen) atoms. The Morgan fingerprint density at radius 1 is 1.10 bits per heavy atom. The number of rotatable bonds is 6. The van der Waals surface area contributed by atoms with E-state index in [9.17, 15) is 24.2 Å². The van der Waals surface area contributed by atoms with Gasteiger partial charge < -0.3 is 29.5 Å². The topological polar surface area (TPSA) is 125 Å². The first-order chi connectivity index (χ1) is 18.8. The zero-order valence-electron chi connectivity index (χ0n) is 22.6. The monoisotopic (exact) mass is 546 g/mol. The highest BCUT2D eigenvalue weighted by Crippen LogP contribution is 2.16. The van der Waals surface area contributed by atoms with Crippen LogP contribution in [0, 0.1) is 11.7 Å². The molecule has 2 aromatic rings. The lowest BCUT2D eigenvalue weighted by atomic mass is 10.1. The fourth-order valence-electron chi connectivity index (χ4n) is 4.20. The number of carbonyl (C=O) groups excluding carboxylic acids is 2. The van der Waals surface area contributed by atoms with Crippen molar-refractivity contribution in [3.8, 4) is 0 Å². The number of ether oxygens (including phenoxy) is 2. The maximum absolute atomic E-state index is 14.6. The second-order valence-corrected chi connectivity index (χ2v) is 10.0. The number of aliphatic hydroxyl groups is 2. The van der Waals surface area contributed by atoms with E-state index in [2.05, 4.69) is 9.97 Å². The van der Waals surface area contributed by atoms with Crippen LogP contribution in [0.5, 0.6) is 0 Å². The zero-order valence-corrected chi connectivity index (χ0v) is 22.6. The third-order valence-corrected chi connectivity index (χ3v) is 6.56. The van der Waals surface area contributed by atoms with Crippen molar-refractivity contribution in [2.24, 2.45) is 5.92 Å². The summed E-state index contributed by atoms with van der Waals surface area (Å²) < 4.78 is 26.2. The van der Waals surface area contributed by atoms with Crippen molar-refractivity contribution >= 4 is 11.8 Å². The van der Waals surface area contributed by atoms with Gasteiger partial charge in [0.05, 0.1) is 18.4 Å². The van der Waals surface area contributed by atoms with Gasteiger partial charge in [-0.3, -0.25) is 14.6 Å². The van der Waals surface area contributed by atoms with Crippen LogP contribution in [-0.4, -0.2) is 106 Å². The van der Waals surface area contributed by atoms with Crippen LogP contribution in [0.25, 0.3) is 0 Å². The van der Waals surface area contributed by atoms with Gasteiger partial charge in [0, 0.05) is 51.8 Å². The van der Waals surface area contributed by atoms with E-state index < -0.39 is 30.0 Å². The van der Waals surface area contributed by atoms with Gasteiger partial charge in [-0.25, -0.2) is 9.37 Å². The second kappa shape index (κ2) is 15.6. The summed E-state index contributed by atoms with van der Waals surface area (Å²) in [4.78, 5) is 37.8. The van der Waals surface area contributed by atoms with Crippen molar-refractivity contribution < 1.29 is 33.7 Å². The number of benzene rings is 1. The molecule has 1 fully saturated rings. The minimum Gasteiger partial charge on any atom is -0.388 e. The Morgan fingerprint density at radius 2 is 1.87 bits per heavy atom. The van der Waals surface area contributed by atoms with E-state index in [0.717, 1.165) is 0 Å². The van der Waals surface area contributed by atoms with Crippen LogP contribution < -0.4 is 0 Å². The van der Waals surface area contributed by atoms with Gasteiger partial charge in [-0.1, -0.05) is 26.0 Å². The number of aliphatic hydroxyl groups excluding tert-OH is 2. The summed E-state index contributed by atoms with van der Waals surface area (Å²) in [5.41, 5.74) is 0.0417. The lowest BCUT2D eigenvalue weighted by Gasteiger charge is -2.34. The maximum Gasteiger partial charge on any atom is 0.274 e. The molecule has 0 bridgehead atoms. The minimum atomic E-state index is -1.35. The van der Waals surface area contributed by atoms with Gasteiger partial charge in [0.2, 0.25) is 0 Å². The first-order valence-electron chi connectivity index (χ1n) is 13.4. The van der Waals surface area contributed by atoms with Crippen molar-refractivity contribution in [2.75, 3.05) is 46.0 Å². The fraction of sp³-hybridized carbons (Fsp3) is 0.571. The minimum absolute atomic E-state index is 0.0442. The van der Waals surface area contributed by atoms with Crippen LogP contribution in [0.1, 0.15) is 54.0 Å². The van der Waals surface area contributed by atoms with Crippen molar-refractivity contribution in [1.29, 1.82) is 0 Å². The number of nitrogens with zero attached hydrogens (tertiary/aromatic N) is 4. The van der Waals surface area contributed by atoms with E-state index in [1.807, 2.05) is 13.8 Å². The zero-order chi connectivity index (χ0) is 28.2. The summed E-state index contributed by atoms with van der Waals surface area (Å²) in [6.07, 6.45) is 2.66. The molecule has 0 unspecified atom stereocenters. The van der Waals surface area contributed by atoms with Crippen molar-refractivity contribution in [3.05, 3.63) is 59.9 Å². The standard InChI is InChI=1S/C28H39FN4O6/c1-20(2)9-16-39-25-18-33(27(36)21-7-3-4-8-22(21)29)14-13-32(28(37)23-17-30-10-11-31-23)12-5-6-15-38-19-24(34)26(25)35/h3-4,7-8,10-11,17,20,24-26,34-35H,5-6,9,12-16,18-19H2,1-2H3/t24-,25-,26-/m1/s1. The summed E-state index contributed by atoms with van der Waals surface area (Å²) in [6, 6.07) is 5.65. The molecule has 10 nitrogen and oxygen atoms in total. The predicted molar refractivity (Wildman–Crippen MR) is 142 cm³/mol. The molecule has 1 aliphatic heterocycles. The first-order valence-corrected chi connectivity index (χ1v) is 13.4. The summed E-state index contributed by atoms with van der Waals surface area (Å²) in [6.45, 7) is 5.01. The molecule has 1 aliphatic rings. The van der Waals surface area contributed by atoms with E-state index in [-0.39, 0.29) is 43.4 Å². The number of aromatic nitrogens is 2. The quantitative estimate of drug-likeness (QED) is 0.565. The van der Waals surface area contributed by atoms with Gasteiger partial charge in [0.1, 0.15) is 29.8 Å². The molecule has 0 radical (unpaired) electrons. The SMILES string of the molecule is CC(C)CCO[C@@H]1CN(C(=O)c2ccccc2F)CCN(C(=O)c2cnccn2)CCCCOC[C@@H](O)[C@H]1O. The molecule has 0 aliphatic carbocycles. The van der Waals surface area contributed by atoms with Crippen LogP contribution in [0.2, 0.25) is 0 Å². The second-order valence-electron chi connectivity index (χ2n) is 10.0. The molecule has 1 aromatic heterocycles. The molecule has 2 N–H and O–H groups in total. The van der Waals surface area contributed by atoms with Crippen LogP contribution in [-0.2, 0) is 9.47 Å². The van der Waals surface area contributed by atoms with Crippen LogP contribution >= 0.6 is 0 Å². The van der Waals surface area contributed by atoms with Gasteiger partial charge in [0.15, 0.2) is 0 Å². The molecule has 2 amide bonds. The average Bonchev–Trinajstić information content (AvgIpc) is 2.93.